The molecule has 130 valence electrons. The number of nitrogens with zero attached hydrogens (tertiary/aromatic N) is 3. The molecule has 4 rings (SSSR count). The molecule has 1 N–H and O–H groups in total. The van der Waals surface area contributed by atoms with E-state index in [-0.39, 0.29) is 27.8 Å². The van der Waals surface area contributed by atoms with Crippen molar-refractivity contribution in [3.8, 4) is 5.69 Å². The second-order valence-electron chi connectivity index (χ2n) is 5.62. The number of aromatic nitrogens is 2. The zero-order chi connectivity index (χ0) is 18.4. The Kier molecular flexibility index (Phi) is 4.01. The molecule has 1 aliphatic rings. The van der Waals surface area contributed by atoms with Gasteiger partial charge in [0.05, 0.1) is 28.0 Å². The van der Waals surface area contributed by atoms with Crippen LogP contribution >= 0.6 is 23.2 Å². The molecule has 1 aliphatic heterocycles. The Bertz CT molecular complexity index is 1090. The van der Waals surface area contributed by atoms with E-state index in [4.69, 9.17) is 23.2 Å². The van der Waals surface area contributed by atoms with Gasteiger partial charge in [0.25, 0.3) is 0 Å². The van der Waals surface area contributed by atoms with Gasteiger partial charge in [0.15, 0.2) is 5.69 Å². The molecule has 0 amide bonds. The minimum absolute atomic E-state index is 0.0690. The van der Waals surface area contributed by atoms with Gasteiger partial charge in [-0.15, -0.1) is 0 Å². The minimum Gasteiger partial charge on any atom is -0.476 e. The number of aliphatic imine (C=N–C) groups is 1. The van der Waals surface area contributed by atoms with Crippen LogP contribution < -0.4 is 0 Å². The third kappa shape index (κ3) is 2.58. The van der Waals surface area contributed by atoms with E-state index in [2.05, 4.69) is 9.98 Å². The van der Waals surface area contributed by atoms with Gasteiger partial charge in [-0.25, -0.2) is 14.2 Å². The Balaban J connectivity index is 2.03. The standard InChI is InChI=1S/C18H10Cl2FN3O2/c19-10-5-6-13-15(16(10)20)17(9-3-1-2-4-11(9)21)22-7-14-23-12(18(25)26)8-24(13)14/h1-6,8H,7H2,(H,25,26). The molecule has 2 aromatic carbocycles. The summed E-state index contributed by atoms with van der Waals surface area (Å²) >= 11 is 12.6. The molecule has 0 saturated heterocycles. The number of aromatic carboxylic acids is 1. The fraction of sp³-hybridized carbons (Fsp3) is 0.0556. The van der Waals surface area contributed by atoms with E-state index in [1.807, 2.05) is 0 Å². The lowest BCUT2D eigenvalue weighted by Gasteiger charge is -2.14. The van der Waals surface area contributed by atoms with Crippen LogP contribution in [0.2, 0.25) is 10.0 Å². The first kappa shape index (κ1) is 16.8. The van der Waals surface area contributed by atoms with Crippen molar-refractivity contribution in [1.29, 1.82) is 0 Å². The van der Waals surface area contributed by atoms with Gasteiger partial charge in [0.1, 0.15) is 11.6 Å². The summed E-state index contributed by atoms with van der Waals surface area (Å²) < 4.78 is 16.0. The molecule has 8 heteroatoms. The van der Waals surface area contributed by atoms with Crippen molar-refractivity contribution in [1.82, 2.24) is 9.55 Å². The molecule has 0 aliphatic carbocycles. The molecular weight excluding hydrogens is 380 g/mol. The Morgan fingerprint density at radius 1 is 1.19 bits per heavy atom. The molecule has 2 heterocycles. The van der Waals surface area contributed by atoms with Gasteiger partial charge in [-0.2, -0.15) is 0 Å². The molecule has 0 spiro atoms. The van der Waals surface area contributed by atoms with Gasteiger partial charge >= 0.3 is 5.97 Å². The molecule has 0 fully saturated rings. The first-order chi connectivity index (χ1) is 12.5. The molecule has 26 heavy (non-hydrogen) atoms. The minimum atomic E-state index is -1.15. The quantitative estimate of drug-likeness (QED) is 0.707. The smallest absolute Gasteiger partial charge is 0.356 e. The normalized spacial score (nSPS) is 12.8. The molecule has 0 saturated carbocycles. The van der Waals surface area contributed by atoms with Crippen molar-refractivity contribution >= 4 is 34.9 Å². The summed E-state index contributed by atoms with van der Waals surface area (Å²) in [5, 5.41) is 9.71. The van der Waals surface area contributed by atoms with E-state index in [9.17, 15) is 14.3 Å². The number of carbonyl (C=O) groups is 1. The van der Waals surface area contributed by atoms with Gasteiger partial charge in [-0.1, -0.05) is 35.3 Å². The molecule has 1 aromatic heterocycles. The van der Waals surface area contributed by atoms with Crippen molar-refractivity contribution in [2.75, 3.05) is 0 Å². The number of fused-ring (bicyclic) bond motifs is 3. The average Bonchev–Trinajstić information content (AvgIpc) is 2.98. The van der Waals surface area contributed by atoms with Crippen LogP contribution in [0.1, 0.15) is 27.4 Å². The SMILES string of the molecule is O=C(O)c1cn2c(n1)CN=C(c1ccccc1F)c1c-2ccc(Cl)c1Cl. The van der Waals surface area contributed by atoms with E-state index >= 15 is 0 Å². The topological polar surface area (TPSA) is 67.5 Å². The highest BCUT2D eigenvalue weighted by Gasteiger charge is 2.26. The van der Waals surface area contributed by atoms with Gasteiger partial charge in [-0.05, 0) is 24.3 Å². The number of benzene rings is 2. The van der Waals surface area contributed by atoms with Crippen LogP contribution in [0.4, 0.5) is 4.39 Å². The van der Waals surface area contributed by atoms with E-state index in [0.29, 0.717) is 22.8 Å². The first-order valence-electron chi connectivity index (χ1n) is 7.57. The molecule has 0 bridgehead atoms. The molecule has 5 nitrogen and oxygen atoms in total. The second-order valence-corrected chi connectivity index (χ2v) is 6.40. The number of hydrogen-bond acceptors (Lipinski definition) is 3. The van der Waals surface area contributed by atoms with Gasteiger partial charge < -0.3 is 9.67 Å². The van der Waals surface area contributed by atoms with E-state index in [0.717, 1.165) is 0 Å². The lowest BCUT2D eigenvalue weighted by atomic mass is 10.00. The number of carboxylic acids is 1. The van der Waals surface area contributed by atoms with Gasteiger partial charge in [0.2, 0.25) is 0 Å². The van der Waals surface area contributed by atoms with Crippen LogP contribution in [0, 0.1) is 5.82 Å². The van der Waals surface area contributed by atoms with Crippen LogP contribution in [0.3, 0.4) is 0 Å². The third-order valence-electron chi connectivity index (χ3n) is 4.07. The number of hydrogen-bond donors (Lipinski definition) is 1. The van der Waals surface area contributed by atoms with Crippen molar-refractivity contribution in [2.24, 2.45) is 4.99 Å². The summed E-state index contributed by atoms with van der Waals surface area (Å²) in [5.41, 5.74) is 1.47. The number of rotatable bonds is 2. The third-order valence-corrected chi connectivity index (χ3v) is 4.88. The maximum atomic E-state index is 14.4. The predicted octanol–water partition coefficient (Wildman–Crippen LogP) is 4.37. The lowest BCUT2D eigenvalue weighted by molar-refractivity contribution is 0.0691. The second kappa shape index (κ2) is 6.23. The zero-order valence-corrected chi connectivity index (χ0v) is 14.6. The summed E-state index contributed by atoms with van der Waals surface area (Å²) in [6.45, 7) is 0.0690. The largest absolute Gasteiger partial charge is 0.476 e. The molecule has 0 unspecified atom stereocenters. The van der Waals surface area contributed by atoms with Gasteiger partial charge in [-0.3, -0.25) is 4.99 Å². The van der Waals surface area contributed by atoms with Gasteiger partial charge in [0, 0.05) is 17.3 Å². The van der Waals surface area contributed by atoms with Crippen LogP contribution in [0.25, 0.3) is 5.69 Å². The first-order valence-corrected chi connectivity index (χ1v) is 8.32. The summed E-state index contributed by atoms with van der Waals surface area (Å²) in [4.78, 5) is 19.8. The van der Waals surface area contributed by atoms with Crippen molar-refractivity contribution in [2.45, 2.75) is 6.54 Å². The Morgan fingerprint density at radius 3 is 2.69 bits per heavy atom. The zero-order valence-electron chi connectivity index (χ0n) is 13.1. The number of halogens is 3. The van der Waals surface area contributed by atoms with Crippen molar-refractivity contribution < 1.29 is 14.3 Å². The molecular formula is C18H10Cl2FN3O2. The summed E-state index contributed by atoms with van der Waals surface area (Å²) in [6.07, 6.45) is 1.39. The van der Waals surface area contributed by atoms with Crippen LogP contribution in [-0.2, 0) is 6.54 Å². The van der Waals surface area contributed by atoms with Crippen LogP contribution in [0.15, 0.2) is 47.6 Å². The lowest BCUT2D eigenvalue weighted by Crippen LogP contribution is -2.10. The van der Waals surface area contributed by atoms with Crippen molar-refractivity contribution in [3.63, 3.8) is 0 Å². The molecule has 0 radical (unpaired) electrons. The highest BCUT2D eigenvalue weighted by molar-refractivity contribution is 6.45. The van der Waals surface area contributed by atoms with Crippen LogP contribution in [0.5, 0.6) is 0 Å². The highest BCUT2D eigenvalue weighted by atomic mass is 35.5. The Labute approximate surface area is 157 Å². The fourth-order valence-electron chi connectivity index (χ4n) is 2.91. The predicted molar refractivity (Wildman–Crippen MR) is 96.3 cm³/mol. The summed E-state index contributed by atoms with van der Waals surface area (Å²) in [5.74, 6) is -1.18. The average molecular weight is 390 g/mol. The Morgan fingerprint density at radius 2 is 1.96 bits per heavy atom. The van der Waals surface area contributed by atoms with E-state index in [1.165, 1.54) is 12.3 Å². The Hall–Kier alpha value is -2.70. The number of carboxylic acid groups (broad SMARTS) is 1. The van der Waals surface area contributed by atoms with E-state index in [1.54, 1.807) is 34.9 Å². The maximum absolute atomic E-state index is 14.4. The summed E-state index contributed by atoms with van der Waals surface area (Å²) in [6, 6.07) is 9.50. The molecule has 3 aromatic rings. The highest BCUT2D eigenvalue weighted by Crippen LogP contribution is 2.35. The van der Waals surface area contributed by atoms with E-state index < -0.39 is 11.8 Å². The van der Waals surface area contributed by atoms with Crippen LogP contribution in [-0.4, -0.2) is 26.3 Å². The number of imidazole rings is 1. The fourth-order valence-corrected chi connectivity index (χ4v) is 3.32. The monoisotopic (exact) mass is 389 g/mol. The van der Waals surface area contributed by atoms with Crippen molar-refractivity contribution in [3.05, 3.63) is 81.1 Å². The maximum Gasteiger partial charge on any atom is 0.356 e. The summed E-state index contributed by atoms with van der Waals surface area (Å²) in [7, 11) is 0. The molecule has 0 atom stereocenters.